The number of benzene rings is 1. The molecule has 7 heteroatoms. The summed E-state index contributed by atoms with van der Waals surface area (Å²) in [6.07, 6.45) is 3.50. The fraction of sp³-hybridized carbons (Fsp3) is 0.579. The monoisotopic (exact) mass is 376 g/mol. The third-order valence-electron chi connectivity index (χ3n) is 5.23. The van der Waals surface area contributed by atoms with Crippen LogP contribution in [0.25, 0.3) is 0 Å². The molecule has 2 atom stereocenters. The van der Waals surface area contributed by atoms with Crippen molar-refractivity contribution in [3.05, 3.63) is 29.8 Å². The van der Waals surface area contributed by atoms with E-state index in [2.05, 4.69) is 27.7 Å². The first-order chi connectivity index (χ1) is 12.6. The Morgan fingerprint density at radius 3 is 2.58 bits per heavy atom. The summed E-state index contributed by atoms with van der Waals surface area (Å²) in [5.41, 5.74) is 7.44. The lowest BCUT2D eigenvalue weighted by Gasteiger charge is -2.26. The molecule has 4 N–H and O–H groups in total. The number of carbonyl (C=O) groups is 2. The average molecular weight is 377 g/mol. The number of carbonyl (C=O) groups excluding carboxylic acids is 2. The Labute approximate surface area is 159 Å². The summed E-state index contributed by atoms with van der Waals surface area (Å²) in [5.74, 6) is 1.88. The van der Waals surface area contributed by atoms with E-state index in [1.165, 1.54) is 30.2 Å². The molecule has 3 rings (SSSR count). The highest BCUT2D eigenvalue weighted by molar-refractivity contribution is 7.99. The zero-order chi connectivity index (χ0) is 18.4. The Kier molecular flexibility index (Phi) is 6.80. The number of rotatable bonds is 6. The maximum Gasteiger partial charge on any atom is 0.319 e. The summed E-state index contributed by atoms with van der Waals surface area (Å²) in [7, 11) is 0. The lowest BCUT2D eigenvalue weighted by molar-refractivity contribution is -0.122. The van der Waals surface area contributed by atoms with Crippen molar-refractivity contribution in [1.82, 2.24) is 10.2 Å². The summed E-state index contributed by atoms with van der Waals surface area (Å²) >= 11 is 2.03. The number of hydrogen-bond donors (Lipinski definition) is 3. The lowest BCUT2D eigenvalue weighted by atomic mass is 10.0. The highest BCUT2D eigenvalue weighted by Crippen LogP contribution is 2.25. The number of amides is 3. The van der Waals surface area contributed by atoms with E-state index < -0.39 is 0 Å². The van der Waals surface area contributed by atoms with Crippen LogP contribution in [0.15, 0.2) is 24.3 Å². The number of nitrogens with zero attached hydrogens (tertiary/aromatic N) is 1. The second-order valence-electron chi connectivity index (χ2n) is 7.05. The first-order valence-corrected chi connectivity index (χ1v) is 10.5. The van der Waals surface area contributed by atoms with Gasteiger partial charge >= 0.3 is 6.03 Å². The van der Waals surface area contributed by atoms with Gasteiger partial charge in [-0.1, -0.05) is 18.6 Å². The fourth-order valence-corrected chi connectivity index (χ4v) is 4.65. The summed E-state index contributed by atoms with van der Waals surface area (Å²) in [6, 6.07) is 7.56. The molecule has 0 bridgehead atoms. The molecule has 142 valence electrons. The highest BCUT2D eigenvalue weighted by Gasteiger charge is 2.32. The third kappa shape index (κ3) is 5.38. The molecular formula is C19H28N4O2S. The van der Waals surface area contributed by atoms with Crippen LogP contribution in [0.5, 0.6) is 0 Å². The Balaban J connectivity index is 1.44. The zero-order valence-corrected chi connectivity index (χ0v) is 15.9. The predicted octanol–water partition coefficient (Wildman–Crippen LogP) is 2.05. The van der Waals surface area contributed by atoms with E-state index in [9.17, 15) is 9.59 Å². The lowest BCUT2D eigenvalue weighted by Crippen LogP contribution is -2.44. The topological polar surface area (TPSA) is 87.5 Å². The molecule has 2 aliphatic rings. The summed E-state index contributed by atoms with van der Waals surface area (Å²) in [6.45, 7) is 3.44. The number of thioether (sulfide) groups is 1. The van der Waals surface area contributed by atoms with Crippen LogP contribution in [0, 0.1) is 5.92 Å². The van der Waals surface area contributed by atoms with Gasteiger partial charge in [-0.05, 0) is 37.0 Å². The van der Waals surface area contributed by atoms with Gasteiger partial charge in [0, 0.05) is 42.9 Å². The molecule has 1 saturated carbocycles. The number of anilines is 1. The van der Waals surface area contributed by atoms with E-state index in [1.807, 2.05) is 23.9 Å². The van der Waals surface area contributed by atoms with Gasteiger partial charge in [0.15, 0.2) is 0 Å². The molecule has 1 aliphatic carbocycles. The van der Waals surface area contributed by atoms with E-state index >= 15 is 0 Å². The largest absolute Gasteiger partial charge is 0.369 e. The molecule has 1 aliphatic heterocycles. The quantitative estimate of drug-likeness (QED) is 0.709. The Hall–Kier alpha value is -1.73. The van der Waals surface area contributed by atoms with Gasteiger partial charge in [-0.25, -0.2) is 4.79 Å². The number of urea groups is 1. The predicted molar refractivity (Wildman–Crippen MR) is 106 cm³/mol. The van der Waals surface area contributed by atoms with Crippen molar-refractivity contribution in [1.29, 1.82) is 0 Å². The molecule has 1 heterocycles. The van der Waals surface area contributed by atoms with Crippen LogP contribution in [-0.2, 0) is 11.2 Å². The standard InChI is InChI=1S/C19H28N4O2S/c20-18(24)16-2-1-3-17(16)22-19(25)21-15-6-4-14(5-7-15)8-9-23-10-12-26-13-11-23/h4-7,16-17H,1-3,8-13H2,(H2,20,24)(H2,21,22,25)/t16-,17+/m0/s1. The van der Waals surface area contributed by atoms with Crippen LogP contribution in [0.4, 0.5) is 10.5 Å². The minimum absolute atomic E-state index is 0.158. The van der Waals surface area contributed by atoms with E-state index in [4.69, 9.17) is 5.73 Å². The van der Waals surface area contributed by atoms with Gasteiger partial charge in [0.2, 0.25) is 5.91 Å². The van der Waals surface area contributed by atoms with Crippen LogP contribution < -0.4 is 16.4 Å². The molecule has 3 amide bonds. The van der Waals surface area contributed by atoms with Crippen LogP contribution in [0.2, 0.25) is 0 Å². The Morgan fingerprint density at radius 2 is 1.88 bits per heavy atom. The van der Waals surface area contributed by atoms with Crippen molar-refractivity contribution in [2.45, 2.75) is 31.7 Å². The Bertz CT molecular complexity index is 616. The minimum atomic E-state index is -0.329. The molecule has 26 heavy (non-hydrogen) atoms. The first-order valence-electron chi connectivity index (χ1n) is 9.38. The molecule has 0 spiro atoms. The fourth-order valence-electron chi connectivity index (χ4n) is 3.68. The van der Waals surface area contributed by atoms with Gasteiger partial charge in [-0.2, -0.15) is 11.8 Å². The molecule has 1 aromatic rings. The van der Waals surface area contributed by atoms with Crippen LogP contribution in [0.1, 0.15) is 24.8 Å². The van der Waals surface area contributed by atoms with Crippen molar-refractivity contribution in [3.63, 3.8) is 0 Å². The van der Waals surface area contributed by atoms with Crippen LogP contribution in [0.3, 0.4) is 0 Å². The Morgan fingerprint density at radius 1 is 1.15 bits per heavy atom. The number of hydrogen-bond acceptors (Lipinski definition) is 4. The molecule has 0 radical (unpaired) electrons. The van der Waals surface area contributed by atoms with Crippen molar-refractivity contribution in [2.24, 2.45) is 11.7 Å². The average Bonchev–Trinajstić information content (AvgIpc) is 3.10. The van der Waals surface area contributed by atoms with Gasteiger partial charge in [-0.15, -0.1) is 0 Å². The minimum Gasteiger partial charge on any atom is -0.369 e. The van der Waals surface area contributed by atoms with Crippen LogP contribution >= 0.6 is 11.8 Å². The molecular weight excluding hydrogens is 348 g/mol. The van der Waals surface area contributed by atoms with Gasteiger partial charge in [-0.3, -0.25) is 4.79 Å². The number of primary amides is 1. The second kappa shape index (κ2) is 9.28. The summed E-state index contributed by atoms with van der Waals surface area (Å²) in [4.78, 5) is 26.1. The summed E-state index contributed by atoms with van der Waals surface area (Å²) in [5, 5.41) is 5.73. The highest BCUT2D eigenvalue weighted by atomic mass is 32.2. The van der Waals surface area contributed by atoms with Gasteiger partial charge in [0.05, 0.1) is 5.92 Å². The SMILES string of the molecule is NC(=O)[C@H]1CCC[C@H]1NC(=O)Nc1ccc(CCN2CCSCC2)cc1. The maximum atomic E-state index is 12.2. The number of nitrogens with two attached hydrogens (primary N) is 1. The van der Waals surface area contributed by atoms with E-state index in [1.54, 1.807) is 0 Å². The smallest absolute Gasteiger partial charge is 0.319 e. The van der Waals surface area contributed by atoms with Gasteiger partial charge in [0.1, 0.15) is 0 Å². The molecule has 0 unspecified atom stereocenters. The van der Waals surface area contributed by atoms with Crippen molar-refractivity contribution in [3.8, 4) is 0 Å². The van der Waals surface area contributed by atoms with E-state index in [0.717, 1.165) is 37.9 Å². The van der Waals surface area contributed by atoms with Crippen molar-refractivity contribution < 1.29 is 9.59 Å². The van der Waals surface area contributed by atoms with Crippen molar-refractivity contribution in [2.75, 3.05) is 36.5 Å². The zero-order valence-electron chi connectivity index (χ0n) is 15.1. The third-order valence-corrected chi connectivity index (χ3v) is 6.17. The van der Waals surface area contributed by atoms with E-state index in [0.29, 0.717) is 0 Å². The van der Waals surface area contributed by atoms with Crippen LogP contribution in [-0.4, -0.2) is 54.0 Å². The number of nitrogens with one attached hydrogen (secondary N) is 2. The molecule has 2 fully saturated rings. The van der Waals surface area contributed by atoms with Gasteiger partial charge < -0.3 is 21.3 Å². The normalized spacial score (nSPS) is 23.5. The first kappa shape index (κ1) is 19.0. The maximum absolute atomic E-state index is 12.2. The molecule has 0 aromatic heterocycles. The molecule has 1 saturated heterocycles. The van der Waals surface area contributed by atoms with E-state index in [-0.39, 0.29) is 23.9 Å². The molecule has 1 aromatic carbocycles. The van der Waals surface area contributed by atoms with Crippen molar-refractivity contribution >= 4 is 29.4 Å². The van der Waals surface area contributed by atoms with Gasteiger partial charge in [0.25, 0.3) is 0 Å². The second-order valence-corrected chi connectivity index (χ2v) is 8.27. The summed E-state index contributed by atoms with van der Waals surface area (Å²) < 4.78 is 0. The molecule has 6 nitrogen and oxygen atoms in total.